The topological polar surface area (TPSA) is 91.5 Å². The lowest BCUT2D eigenvalue weighted by Gasteiger charge is -2.13. The largest absolute Gasteiger partial charge is 0.448 e. The van der Waals surface area contributed by atoms with Crippen molar-refractivity contribution in [1.29, 1.82) is 0 Å². The average Bonchev–Trinajstić information content (AvgIpc) is 2.97. The SMILES string of the molecule is O=C(Nc1ccc(CN2CCOC2=O)cc1)c1c[nH]cc(Cl)c1=O. The molecule has 1 aliphatic rings. The van der Waals surface area contributed by atoms with Gasteiger partial charge >= 0.3 is 6.09 Å². The second-order valence-electron chi connectivity index (χ2n) is 5.23. The molecule has 124 valence electrons. The number of hydrogen-bond acceptors (Lipinski definition) is 4. The van der Waals surface area contributed by atoms with E-state index < -0.39 is 11.3 Å². The zero-order valence-corrected chi connectivity index (χ0v) is 13.3. The predicted octanol–water partition coefficient (Wildman–Crippen LogP) is 2.23. The molecule has 1 aromatic carbocycles. The van der Waals surface area contributed by atoms with Crippen LogP contribution in [-0.2, 0) is 11.3 Å². The summed E-state index contributed by atoms with van der Waals surface area (Å²) >= 11 is 5.71. The van der Waals surface area contributed by atoms with Gasteiger partial charge in [0.2, 0.25) is 5.43 Å². The van der Waals surface area contributed by atoms with Crippen LogP contribution in [0.3, 0.4) is 0 Å². The molecule has 0 bridgehead atoms. The fourth-order valence-electron chi connectivity index (χ4n) is 2.31. The zero-order valence-electron chi connectivity index (χ0n) is 12.5. The highest BCUT2D eigenvalue weighted by molar-refractivity contribution is 6.30. The highest BCUT2D eigenvalue weighted by Gasteiger charge is 2.21. The molecule has 0 radical (unpaired) electrons. The molecular formula is C16H14ClN3O4. The van der Waals surface area contributed by atoms with Gasteiger partial charge < -0.3 is 19.9 Å². The number of nitrogens with one attached hydrogen (secondary N) is 2. The number of rotatable bonds is 4. The number of carbonyl (C=O) groups is 2. The van der Waals surface area contributed by atoms with Gasteiger partial charge in [-0.2, -0.15) is 0 Å². The number of nitrogens with zero attached hydrogens (tertiary/aromatic N) is 1. The van der Waals surface area contributed by atoms with Gasteiger partial charge in [-0.1, -0.05) is 23.7 Å². The van der Waals surface area contributed by atoms with Crippen molar-refractivity contribution in [3.8, 4) is 0 Å². The molecule has 0 spiro atoms. The molecule has 2 N–H and O–H groups in total. The van der Waals surface area contributed by atoms with Crippen molar-refractivity contribution < 1.29 is 14.3 Å². The summed E-state index contributed by atoms with van der Waals surface area (Å²) in [5.74, 6) is -0.547. The number of carbonyl (C=O) groups excluding carboxylic acids is 2. The lowest BCUT2D eigenvalue weighted by molar-refractivity contribution is 0.102. The van der Waals surface area contributed by atoms with Crippen LogP contribution in [0.2, 0.25) is 5.02 Å². The third-order valence-electron chi connectivity index (χ3n) is 3.57. The number of hydrogen-bond donors (Lipinski definition) is 2. The Labute approximate surface area is 142 Å². The summed E-state index contributed by atoms with van der Waals surface area (Å²) in [6, 6.07) is 6.99. The first-order valence-electron chi connectivity index (χ1n) is 7.23. The number of aromatic nitrogens is 1. The Bertz CT molecular complexity index is 832. The summed E-state index contributed by atoms with van der Waals surface area (Å²) in [6.07, 6.45) is 2.29. The predicted molar refractivity (Wildman–Crippen MR) is 88.2 cm³/mol. The van der Waals surface area contributed by atoms with Crippen molar-refractivity contribution >= 4 is 29.3 Å². The van der Waals surface area contributed by atoms with E-state index in [4.69, 9.17) is 16.3 Å². The quantitative estimate of drug-likeness (QED) is 0.887. The molecule has 3 rings (SSSR count). The van der Waals surface area contributed by atoms with Crippen LogP contribution in [0.25, 0.3) is 0 Å². The van der Waals surface area contributed by atoms with E-state index in [0.29, 0.717) is 25.4 Å². The van der Waals surface area contributed by atoms with Crippen LogP contribution in [0, 0.1) is 0 Å². The van der Waals surface area contributed by atoms with Gasteiger partial charge in [0.25, 0.3) is 5.91 Å². The summed E-state index contributed by atoms with van der Waals surface area (Å²) in [7, 11) is 0. The number of amides is 2. The normalized spacial score (nSPS) is 13.7. The van der Waals surface area contributed by atoms with E-state index in [1.54, 1.807) is 29.2 Å². The van der Waals surface area contributed by atoms with Crippen molar-refractivity contribution in [1.82, 2.24) is 9.88 Å². The summed E-state index contributed by atoms with van der Waals surface area (Å²) in [5, 5.41) is 2.59. The van der Waals surface area contributed by atoms with Crippen LogP contribution in [-0.4, -0.2) is 35.0 Å². The Kier molecular flexibility index (Phi) is 4.52. The molecule has 1 aromatic heterocycles. The van der Waals surface area contributed by atoms with Gasteiger partial charge in [0.15, 0.2) is 0 Å². The van der Waals surface area contributed by atoms with E-state index in [9.17, 15) is 14.4 Å². The number of pyridine rings is 1. The number of halogens is 1. The summed E-state index contributed by atoms with van der Waals surface area (Å²) in [4.78, 5) is 39.6. The molecule has 1 saturated heterocycles. The van der Waals surface area contributed by atoms with Crippen LogP contribution in [0.15, 0.2) is 41.5 Å². The van der Waals surface area contributed by atoms with Crippen LogP contribution < -0.4 is 10.7 Å². The minimum Gasteiger partial charge on any atom is -0.448 e. The van der Waals surface area contributed by atoms with Gasteiger partial charge in [-0.25, -0.2) is 4.79 Å². The van der Waals surface area contributed by atoms with Crippen molar-refractivity contribution in [2.75, 3.05) is 18.5 Å². The molecule has 0 aliphatic carbocycles. The number of anilines is 1. The zero-order chi connectivity index (χ0) is 17.1. The minimum atomic E-state index is -0.547. The van der Waals surface area contributed by atoms with Crippen molar-refractivity contribution in [3.63, 3.8) is 0 Å². The van der Waals surface area contributed by atoms with E-state index in [1.165, 1.54) is 12.4 Å². The summed E-state index contributed by atoms with van der Waals surface area (Å²) in [6.45, 7) is 1.41. The molecule has 1 aliphatic heterocycles. The van der Waals surface area contributed by atoms with Crippen LogP contribution in [0.1, 0.15) is 15.9 Å². The minimum absolute atomic E-state index is 0.0458. The second-order valence-corrected chi connectivity index (χ2v) is 5.64. The molecule has 7 nitrogen and oxygen atoms in total. The smallest absolute Gasteiger partial charge is 0.410 e. The van der Waals surface area contributed by atoms with Gasteiger partial charge in [0.05, 0.1) is 6.54 Å². The third kappa shape index (κ3) is 3.41. The van der Waals surface area contributed by atoms with Crippen molar-refractivity contribution in [3.05, 3.63) is 63.0 Å². The van der Waals surface area contributed by atoms with E-state index in [0.717, 1.165) is 5.56 Å². The number of cyclic esters (lactones) is 1. The standard InChI is InChI=1S/C16H14ClN3O4/c17-13-8-18-7-12(14(13)21)15(22)19-11-3-1-10(2-4-11)9-20-5-6-24-16(20)23/h1-4,7-8H,5-6,9H2,(H,18,21)(H,19,22). The maximum atomic E-state index is 12.1. The molecule has 8 heteroatoms. The van der Waals surface area contributed by atoms with Gasteiger partial charge in [-0.3, -0.25) is 9.59 Å². The first-order chi connectivity index (χ1) is 11.5. The first kappa shape index (κ1) is 16.1. The third-order valence-corrected chi connectivity index (χ3v) is 3.85. The van der Waals surface area contributed by atoms with Crippen LogP contribution in [0.4, 0.5) is 10.5 Å². The van der Waals surface area contributed by atoms with Crippen molar-refractivity contribution in [2.24, 2.45) is 0 Å². The number of H-pyrrole nitrogens is 1. The molecule has 2 amide bonds. The second kappa shape index (κ2) is 6.76. The van der Waals surface area contributed by atoms with Crippen LogP contribution >= 0.6 is 11.6 Å². The van der Waals surface area contributed by atoms with Gasteiger partial charge in [-0.15, -0.1) is 0 Å². The summed E-state index contributed by atoms with van der Waals surface area (Å²) < 4.78 is 4.87. The maximum Gasteiger partial charge on any atom is 0.410 e. The molecule has 0 saturated carbocycles. The Morgan fingerprint density at radius 3 is 2.67 bits per heavy atom. The molecule has 24 heavy (non-hydrogen) atoms. The Morgan fingerprint density at radius 1 is 1.25 bits per heavy atom. The Hall–Kier alpha value is -2.80. The molecule has 2 heterocycles. The highest BCUT2D eigenvalue weighted by atomic mass is 35.5. The monoisotopic (exact) mass is 347 g/mol. The molecule has 0 unspecified atom stereocenters. The Morgan fingerprint density at radius 2 is 2.00 bits per heavy atom. The first-order valence-corrected chi connectivity index (χ1v) is 7.61. The Balaban J connectivity index is 1.67. The molecule has 2 aromatic rings. The fraction of sp³-hybridized carbons (Fsp3) is 0.188. The maximum absolute atomic E-state index is 12.1. The van der Waals surface area contributed by atoms with Gasteiger partial charge in [-0.05, 0) is 17.7 Å². The van der Waals surface area contributed by atoms with E-state index >= 15 is 0 Å². The number of benzene rings is 1. The average molecular weight is 348 g/mol. The lowest BCUT2D eigenvalue weighted by Crippen LogP contribution is -2.23. The molecular weight excluding hydrogens is 334 g/mol. The van der Waals surface area contributed by atoms with E-state index in [1.807, 2.05) is 0 Å². The van der Waals surface area contributed by atoms with Gasteiger partial charge in [0, 0.05) is 24.6 Å². The number of ether oxygens (including phenoxy) is 1. The van der Waals surface area contributed by atoms with Gasteiger partial charge in [0.1, 0.15) is 17.2 Å². The molecule has 0 atom stereocenters. The highest BCUT2D eigenvalue weighted by Crippen LogP contribution is 2.14. The van der Waals surface area contributed by atoms with Crippen LogP contribution in [0.5, 0.6) is 0 Å². The van der Waals surface area contributed by atoms with Crippen molar-refractivity contribution in [2.45, 2.75) is 6.54 Å². The number of aromatic amines is 1. The molecule has 1 fully saturated rings. The lowest BCUT2D eigenvalue weighted by atomic mass is 10.2. The summed E-state index contributed by atoms with van der Waals surface area (Å²) in [5.41, 5.74) is 0.850. The van der Waals surface area contributed by atoms with E-state index in [-0.39, 0.29) is 16.7 Å². The fourth-order valence-corrected chi connectivity index (χ4v) is 2.47. The van der Waals surface area contributed by atoms with E-state index in [2.05, 4.69) is 10.3 Å².